The van der Waals surface area contributed by atoms with Crippen molar-refractivity contribution in [3.05, 3.63) is 71.9 Å². The van der Waals surface area contributed by atoms with Crippen molar-refractivity contribution in [3.8, 4) is 17.3 Å². The molecule has 3 aromatic rings. The molecule has 0 radical (unpaired) electrons. The van der Waals surface area contributed by atoms with Crippen molar-refractivity contribution < 1.29 is 14.6 Å². The van der Waals surface area contributed by atoms with Crippen molar-refractivity contribution in [2.45, 2.75) is 65.2 Å². The number of aromatic nitrogens is 2. The number of aliphatic hydroxyl groups is 1. The van der Waals surface area contributed by atoms with Crippen molar-refractivity contribution in [3.63, 3.8) is 0 Å². The van der Waals surface area contributed by atoms with Crippen LogP contribution in [0.3, 0.4) is 0 Å². The van der Waals surface area contributed by atoms with Crippen molar-refractivity contribution >= 4 is 0 Å². The summed E-state index contributed by atoms with van der Waals surface area (Å²) in [6.07, 6.45) is 2.75. The number of hydrogen-bond acceptors (Lipinski definition) is 5. The van der Waals surface area contributed by atoms with E-state index in [1.165, 1.54) is 12.8 Å². The van der Waals surface area contributed by atoms with E-state index in [9.17, 15) is 5.11 Å². The van der Waals surface area contributed by atoms with E-state index in [1.807, 2.05) is 86.1 Å². The Bertz CT molecular complexity index is 1060. The molecule has 4 rings (SSSR count). The fraction of sp³-hybridized carbons (Fsp3) is 0.483. The summed E-state index contributed by atoms with van der Waals surface area (Å²) in [6.45, 7) is 10.7. The van der Waals surface area contributed by atoms with E-state index in [0.717, 1.165) is 41.5 Å². The van der Waals surface area contributed by atoms with E-state index >= 15 is 0 Å². The first-order chi connectivity index (χ1) is 16.8. The largest absolute Gasteiger partial charge is 0.439 e. The van der Waals surface area contributed by atoms with Crippen molar-refractivity contribution in [2.75, 3.05) is 19.7 Å². The fourth-order valence-electron chi connectivity index (χ4n) is 4.16. The van der Waals surface area contributed by atoms with Gasteiger partial charge in [0.05, 0.1) is 35.3 Å². The molecule has 2 aromatic carbocycles. The van der Waals surface area contributed by atoms with Gasteiger partial charge in [0.1, 0.15) is 5.75 Å². The smallest absolute Gasteiger partial charge is 0.227 e. The molecular formula is C29H39N3O3. The standard InChI is InChI=1S/C29H39N3O3/c1-5-27-26(20-31(18-22-16-17-22)19-24(33)21-34-29(2,3)4)28(35-25-14-10-7-11-15-25)32(30-27)23-12-8-6-9-13-23/h6-15,22,24,33H,5,16-21H2,1-4H3/t24-/m1/s1. The predicted octanol–water partition coefficient (Wildman–Crippen LogP) is 5.62. The summed E-state index contributed by atoms with van der Waals surface area (Å²) in [5, 5.41) is 15.8. The molecule has 6 nitrogen and oxygen atoms in total. The molecule has 1 aliphatic rings. The second-order valence-electron chi connectivity index (χ2n) is 10.5. The lowest BCUT2D eigenvalue weighted by Crippen LogP contribution is -2.37. The van der Waals surface area contributed by atoms with Crippen LogP contribution in [0.25, 0.3) is 5.69 Å². The van der Waals surface area contributed by atoms with Crippen molar-refractivity contribution in [1.29, 1.82) is 0 Å². The van der Waals surface area contributed by atoms with Gasteiger partial charge in [0, 0.05) is 19.6 Å². The van der Waals surface area contributed by atoms with Crippen molar-refractivity contribution in [2.24, 2.45) is 5.92 Å². The zero-order chi connectivity index (χ0) is 24.8. The molecule has 1 fully saturated rings. The van der Waals surface area contributed by atoms with Gasteiger partial charge in [-0.3, -0.25) is 4.90 Å². The average Bonchev–Trinajstić information content (AvgIpc) is 3.60. The number of aryl methyl sites for hydroxylation is 1. The van der Waals surface area contributed by atoms with Gasteiger partial charge in [-0.15, -0.1) is 0 Å². The molecule has 0 aliphatic heterocycles. The van der Waals surface area contributed by atoms with Gasteiger partial charge in [0.2, 0.25) is 5.88 Å². The lowest BCUT2D eigenvalue weighted by molar-refractivity contribution is -0.0569. The Hall–Kier alpha value is -2.67. The fourth-order valence-corrected chi connectivity index (χ4v) is 4.16. The highest BCUT2D eigenvalue weighted by molar-refractivity contribution is 5.43. The minimum absolute atomic E-state index is 0.273. The van der Waals surface area contributed by atoms with E-state index in [2.05, 4.69) is 11.8 Å². The van der Waals surface area contributed by atoms with E-state index in [4.69, 9.17) is 14.6 Å². The van der Waals surface area contributed by atoms with Crippen LogP contribution in [0.15, 0.2) is 60.7 Å². The lowest BCUT2D eigenvalue weighted by atomic mass is 10.1. The molecule has 35 heavy (non-hydrogen) atoms. The van der Waals surface area contributed by atoms with Crippen LogP contribution in [0.1, 0.15) is 51.8 Å². The summed E-state index contributed by atoms with van der Waals surface area (Å²) in [4.78, 5) is 2.34. The molecule has 1 aromatic heterocycles. The Morgan fingerprint density at radius 3 is 2.31 bits per heavy atom. The van der Waals surface area contributed by atoms with Gasteiger partial charge in [-0.25, -0.2) is 4.68 Å². The number of nitrogens with zero attached hydrogens (tertiary/aromatic N) is 3. The molecule has 0 spiro atoms. The highest BCUT2D eigenvalue weighted by atomic mass is 16.5. The molecule has 0 unspecified atom stereocenters. The minimum atomic E-state index is -0.555. The Morgan fingerprint density at radius 1 is 1.06 bits per heavy atom. The predicted molar refractivity (Wildman–Crippen MR) is 139 cm³/mol. The molecule has 1 N–H and O–H groups in total. The van der Waals surface area contributed by atoms with Gasteiger partial charge < -0.3 is 14.6 Å². The van der Waals surface area contributed by atoms with E-state index in [1.54, 1.807) is 0 Å². The number of ether oxygens (including phenoxy) is 2. The van der Waals surface area contributed by atoms with E-state index in [0.29, 0.717) is 25.6 Å². The maximum atomic E-state index is 10.8. The summed E-state index contributed by atoms with van der Waals surface area (Å²) in [7, 11) is 0. The summed E-state index contributed by atoms with van der Waals surface area (Å²) in [6, 6.07) is 20.0. The van der Waals surface area contributed by atoms with Gasteiger partial charge >= 0.3 is 0 Å². The van der Waals surface area contributed by atoms with Crippen LogP contribution in [-0.2, 0) is 17.7 Å². The van der Waals surface area contributed by atoms with Crippen LogP contribution >= 0.6 is 0 Å². The molecule has 0 amide bonds. The zero-order valence-electron chi connectivity index (χ0n) is 21.5. The Balaban J connectivity index is 1.64. The third-order valence-electron chi connectivity index (χ3n) is 6.09. The molecule has 188 valence electrons. The molecule has 1 heterocycles. The minimum Gasteiger partial charge on any atom is -0.439 e. The number of benzene rings is 2. The zero-order valence-corrected chi connectivity index (χ0v) is 21.5. The molecular weight excluding hydrogens is 438 g/mol. The quantitative estimate of drug-likeness (QED) is 0.367. The SMILES string of the molecule is CCc1nn(-c2ccccc2)c(Oc2ccccc2)c1CN(CC1CC1)C[C@@H](O)COC(C)(C)C. The van der Waals surface area contributed by atoms with Crippen LogP contribution in [-0.4, -0.2) is 51.2 Å². The Morgan fingerprint density at radius 2 is 1.71 bits per heavy atom. The number of rotatable bonds is 12. The van der Waals surface area contributed by atoms with Crippen LogP contribution in [0.4, 0.5) is 0 Å². The maximum Gasteiger partial charge on any atom is 0.227 e. The second-order valence-corrected chi connectivity index (χ2v) is 10.5. The molecule has 6 heteroatoms. The van der Waals surface area contributed by atoms with Gasteiger partial charge in [0.25, 0.3) is 0 Å². The average molecular weight is 478 g/mol. The summed E-state index contributed by atoms with van der Waals surface area (Å²) in [5.41, 5.74) is 2.78. The topological polar surface area (TPSA) is 59.8 Å². The van der Waals surface area contributed by atoms with Crippen LogP contribution < -0.4 is 4.74 Å². The third-order valence-corrected chi connectivity index (χ3v) is 6.09. The Kier molecular flexibility index (Phi) is 8.26. The van der Waals surface area contributed by atoms with Gasteiger partial charge in [0.15, 0.2) is 0 Å². The Labute approximate surface area is 209 Å². The van der Waals surface area contributed by atoms with Gasteiger partial charge in [-0.2, -0.15) is 5.10 Å². The van der Waals surface area contributed by atoms with Gasteiger partial charge in [-0.1, -0.05) is 43.3 Å². The first-order valence-corrected chi connectivity index (χ1v) is 12.8. The summed E-state index contributed by atoms with van der Waals surface area (Å²) >= 11 is 0. The van der Waals surface area contributed by atoms with Gasteiger partial charge in [-0.05, 0) is 70.2 Å². The lowest BCUT2D eigenvalue weighted by Gasteiger charge is -2.27. The van der Waals surface area contributed by atoms with Crippen LogP contribution in [0.2, 0.25) is 0 Å². The number of hydrogen-bond donors (Lipinski definition) is 1. The third kappa shape index (κ3) is 7.40. The first kappa shape index (κ1) is 25.4. The van der Waals surface area contributed by atoms with E-state index < -0.39 is 6.10 Å². The van der Waals surface area contributed by atoms with Crippen LogP contribution in [0, 0.1) is 5.92 Å². The van der Waals surface area contributed by atoms with Crippen molar-refractivity contribution in [1.82, 2.24) is 14.7 Å². The van der Waals surface area contributed by atoms with E-state index in [-0.39, 0.29) is 5.60 Å². The summed E-state index contributed by atoms with van der Waals surface area (Å²) in [5.74, 6) is 2.21. The first-order valence-electron chi connectivity index (χ1n) is 12.8. The molecule has 1 atom stereocenters. The molecule has 0 bridgehead atoms. The number of aliphatic hydroxyl groups excluding tert-OH is 1. The second kappa shape index (κ2) is 11.4. The highest BCUT2D eigenvalue weighted by Crippen LogP contribution is 2.34. The number of para-hydroxylation sites is 2. The summed E-state index contributed by atoms with van der Waals surface area (Å²) < 4.78 is 14.2. The highest BCUT2D eigenvalue weighted by Gasteiger charge is 2.29. The molecule has 1 aliphatic carbocycles. The maximum absolute atomic E-state index is 10.8. The monoisotopic (exact) mass is 477 g/mol. The van der Waals surface area contributed by atoms with Crippen LogP contribution in [0.5, 0.6) is 11.6 Å². The molecule has 0 saturated heterocycles. The normalized spacial score (nSPS) is 14.9. The molecule has 1 saturated carbocycles.